The molecule has 4 rings (SSSR count). The molecule has 9 heteroatoms. The Labute approximate surface area is 236 Å². The molecule has 0 unspecified atom stereocenters. The fraction of sp³-hybridized carbons (Fsp3) is 0.567. The summed E-state index contributed by atoms with van der Waals surface area (Å²) in [5.74, 6) is -0.288. The molecule has 1 aliphatic heterocycles. The number of methoxy groups -OCH3 is 2. The maximum Gasteiger partial charge on any atom is 0.209 e. The van der Waals surface area contributed by atoms with Gasteiger partial charge in [-0.1, -0.05) is 41.9 Å². The third-order valence-electron chi connectivity index (χ3n) is 8.38. The molecule has 0 aromatic heterocycles. The molecule has 4 N–H and O–H groups in total. The average Bonchev–Trinajstić information content (AvgIpc) is 3.29. The van der Waals surface area contributed by atoms with E-state index in [1.165, 1.54) is 0 Å². The summed E-state index contributed by atoms with van der Waals surface area (Å²) in [5, 5.41) is 24.3. The van der Waals surface area contributed by atoms with Crippen LogP contribution in [0.3, 0.4) is 0 Å². The van der Waals surface area contributed by atoms with Crippen molar-refractivity contribution in [3.8, 4) is 11.1 Å². The van der Waals surface area contributed by atoms with Gasteiger partial charge in [-0.05, 0) is 66.8 Å². The topological polar surface area (TPSA) is 114 Å². The summed E-state index contributed by atoms with van der Waals surface area (Å²) in [6.07, 6.45) is 2.65. The van der Waals surface area contributed by atoms with Gasteiger partial charge in [0.15, 0.2) is 0 Å². The van der Waals surface area contributed by atoms with Crippen LogP contribution >= 0.6 is 11.6 Å². The molecule has 0 bridgehead atoms. The molecule has 214 valence electrons. The molecular weight excluding hydrogens is 520 g/mol. The van der Waals surface area contributed by atoms with Crippen LogP contribution in [0.5, 0.6) is 0 Å². The first-order valence-electron chi connectivity index (χ1n) is 13.6. The number of hydrogen-bond acceptors (Lipinski definition) is 7. The average molecular weight is 561 g/mol. The second-order valence-corrected chi connectivity index (χ2v) is 11.2. The van der Waals surface area contributed by atoms with Gasteiger partial charge in [0.1, 0.15) is 11.2 Å². The van der Waals surface area contributed by atoms with Gasteiger partial charge in [0, 0.05) is 44.0 Å². The highest BCUT2D eigenvalue weighted by atomic mass is 35.5. The monoisotopic (exact) mass is 560 g/mol. The Balaban J connectivity index is 1.92. The summed E-state index contributed by atoms with van der Waals surface area (Å²) in [6, 6.07) is 13.0. The summed E-state index contributed by atoms with van der Waals surface area (Å²) in [5.41, 5.74) is 6.69. The van der Waals surface area contributed by atoms with E-state index in [0.717, 1.165) is 24.0 Å². The van der Waals surface area contributed by atoms with Crippen LogP contribution in [0.25, 0.3) is 11.1 Å². The highest BCUT2D eigenvalue weighted by Crippen LogP contribution is 2.53. The van der Waals surface area contributed by atoms with Crippen LogP contribution < -0.4 is 5.73 Å². The number of carbonyl (C=O) groups excluding carboxylic acids is 1. The Hall–Kier alpha value is -2.04. The number of morpholine rings is 1. The largest absolute Gasteiger partial charge is 0.392 e. The number of benzene rings is 2. The summed E-state index contributed by atoms with van der Waals surface area (Å²) >= 11 is 6.90. The number of ether oxygens (including phenoxy) is 3. The van der Waals surface area contributed by atoms with Crippen molar-refractivity contribution in [2.24, 2.45) is 11.7 Å². The van der Waals surface area contributed by atoms with Gasteiger partial charge < -0.3 is 35.1 Å². The predicted molar refractivity (Wildman–Crippen MR) is 150 cm³/mol. The van der Waals surface area contributed by atoms with Gasteiger partial charge in [0.25, 0.3) is 0 Å². The van der Waals surface area contributed by atoms with Crippen molar-refractivity contribution >= 4 is 18.0 Å². The molecule has 0 spiro atoms. The zero-order chi connectivity index (χ0) is 28.0. The lowest BCUT2D eigenvalue weighted by Crippen LogP contribution is -2.66. The van der Waals surface area contributed by atoms with E-state index in [1.54, 1.807) is 19.1 Å². The van der Waals surface area contributed by atoms with E-state index in [1.807, 2.05) is 42.5 Å². The van der Waals surface area contributed by atoms with Crippen molar-refractivity contribution in [1.29, 1.82) is 0 Å². The minimum absolute atomic E-state index is 0.178. The van der Waals surface area contributed by atoms with Crippen molar-refractivity contribution in [2.45, 2.75) is 62.1 Å². The van der Waals surface area contributed by atoms with E-state index in [4.69, 9.17) is 31.5 Å². The second kappa shape index (κ2) is 13.1. The van der Waals surface area contributed by atoms with E-state index in [9.17, 15) is 15.0 Å². The normalized spacial score (nSPS) is 26.9. The Morgan fingerprint density at radius 1 is 1.21 bits per heavy atom. The number of amides is 1. The highest BCUT2D eigenvalue weighted by Gasteiger charge is 2.61. The molecule has 39 heavy (non-hydrogen) atoms. The van der Waals surface area contributed by atoms with E-state index < -0.39 is 23.3 Å². The number of halogens is 1. The molecule has 1 heterocycles. The van der Waals surface area contributed by atoms with Crippen molar-refractivity contribution in [3.63, 3.8) is 0 Å². The standard InChI is InChI=1S/C30H41ClN2O6/c1-37-13-4-3-11-29(36,30(19-33(20-34)12-14-39-30)23-16-26(32)27(35)17-23)24-9-6-10-25(31)28(24)22-8-5-7-21(15-22)18-38-2/h5-10,15,20,23,26-27,35-36H,3-4,11-14,16-19,32H2,1-2H3/t23-,26+,27-,29+,30-/m0/s1. The van der Waals surface area contributed by atoms with Crippen molar-refractivity contribution in [3.05, 3.63) is 58.6 Å². The Bertz CT molecular complexity index is 1110. The lowest BCUT2D eigenvalue weighted by molar-refractivity contribution is -0.246. The molecule has 2 aromatic carbocycles. The minimum atomic E-state index is -1.56. The third kappa shape index (κ3) is 6.03. The van der Waals surface area contributed by atoms with Crippen LogP contribution in [0.2, 0.25) is 5.02 Å². The van der Waals surface area contributed by atoms with Crippen LogP contribution in [0, 0.1) is 5.92 Å². The zero-order valence-corrected chi connectivity index (χ0v) is 23.6. The van der Waals surface area contributed by atoms with Crippen molar-refractivity contribution in [2.75, 3.05) is 40.5 Å². The van der Waals surface area contributed by atoms with Crippen LogP contribution in [0.15, 0.2) is 42.5 Å². The lowest BCUT2D eigenvalue weighted by atomic mass is 9.65. The van der Waals surface area contributed by atoms with Crippen molar-refractivity contribution in [1.82, 2.24) is 4.90 Å². The number of aliphatic hydroxyl groups is 2. The summed E-state index contributed by atoms with van der Waals surface area (Å²) in [4.78, 5) is 13.7. The van der Waals surface area contributed by atoms with E-state index in [2.05, 4.69) is 0 Å². The molecule has 1 saturated heterocycles. The van der Waals surface area contributed by atoms with Gasteiger partial charge in [-0.15, -0.1) is 0 Å². The Morgan fingerprint density at radius 2 is 2.00 bits per heavy atom. The number of nitrogens with zero attached hydrogens (tertiary/aromatic N) is 1. The molecule has 1 saturated carbocycles. The Morgan fingerprint density at radius 3 is 2.69 bits per heavy atom. The zero-order valence-electron chi connectivity index (χ0n) is 22.9. The SMILES string of the molecule is COCCCC[C@@](O)(c1cccc(Cl)c1-c1cccc(COC)c1)[C@@]1([C@H]2C[C@@H](N)[C@@H](O)C2)CN(C=O)CCO1. The number of unbranched alkanes of at least 4 members (excludes halogenated alkanes) is 1. The first kappa shape index (κ1) is 29.9. The van der Waals surface area contributed by atoms with Crippen LogP contribution in [-0.2, 0) is 31.2 Å². The smallest absolute Gasteiger partial charge is 0.209 e. The fourth-order valence-electron chi connectivity index (χ4n) is 6.47. The summed E-state index contributed by atoms with van der Waals surface area (Å²) < 4.78 is 17.3. The number of aliphatic hydroxyl groups excluding tert-OH is 1. The van der Waals surface area contributed by atoms with Gasteiger partial charge in [0.2, 0.25) is 6.41 Å². The second-order valence-electron chi connectivity index (χ2n) is 10.8. The van der Waals surface area contributed by atoms with Crippen LogP contribution in [-0.4, -0.2) is 79.8 Å². The van der Waals surface area contributed by atoms with Crippen LogP contribution in [0.1, 0.15) is 43.2 Å². The third-order valence-corrected chi connectivity index (χ3v) is 8.70. The van der Waals surface area contributed by atoms with Gasteiger partial charge in [0.05, 0.1) is 25.9 Å². The molecule has 2 aromatic rings. The first-order valence-corrected chi connectivity index (χ1v) is 14.0. The Kier molecular flexibility index (Phi) is 10.0. The van der Waals surface area contributed by atoms with Crippen molar-refractivity contribution < 1.29 is 29.2 Å². The maximum absolute atomic E-state index is 13.1. The molecule has 1 amide bonds. The van der Waals surface area contributed by atoms with Gasteiger partial charge in [-0.25, -0.2) is 0 Å². The van der Waals surface area contributed by atoms with Crippen LogP contribution in [0.4, 0.5) is 0 Å². The summed E-state index contributed by atoms with van der Waals surface area (Å²) in [7, 11) is 3.30. The minimum Gasteiger partial charge on any atom is -0.392 e. The molecule has 0 radical (unpaired) electrons. The van der Waals surface area contributed by atoms with Gasteiger partial charge >= 0.3 is 0 Å². The molecule has 8 nitrogen and oxygen atoms in total. The quantitative estimate of drug-likeness (QED) is 0.269. The van der Waals surface area contributed by atoms with E-state index in [0.29, 0.717) is 61.6 Å². The fourth-order valence-corrected chi connectivity index (χ4v) is 6.76. The molecule has 2 aliphatic rings. The number of nitrogens with two attached hydrogens (primary N) is 1. The van der Waals surface area contributed by atoms with Gasteiger partial charge in [-0.2, -0.15) is 0 Å². The first-order chi connectivity index (χ1) is 18.8. The maximum atomic E-state index is 13.1. The van der Waals surface area contributed by atoms with E-state index in [-0.39, 0.29) is 19.1 Å². The molecular formula is C30H41ClN2O6. The molecule has 5 atom stereocenters. The summed E-state index contributed by atoms with van der Waals surface area (Å²) in [6.45, 7) is 1.86. The van der Waals surface area contributed by atoms with Gasteiger partial charge in [-0.3, -0.25) is 4.79 Å². The molecule has 2 fully saturated rings. The number of carbonyl (C=O) groups is 1. The number of hydrogen-bond donors (Lipinski definition) is 3. The lowest BCUT2D eigenvalue weighted by Gasteiger charge is -2.55. The molecule has 1 aliphatic carbocycles. The van der Waals surface area contributed by atoms with E-state index >= 15 is 0 Å². The predicted octanol–water partition coefficient (Wildman–Crippen LogP) is 3.48. The number of rotatable bonds is 12. The highest BCUT2D eigenvalue weighted by molar-refractivity contribution is 6.33.